The van der Waals surface area contributed by atoms with E-state index in [1.165, 1.54) is 5.56 Å². The maximum Gasteiger partial charge on any atom is 0.227 e. The van der Waals surface area contributed by atoms with Gasteiger partial charge in [-0.1, -0.05) is 18.2 Å². The van der Waals surface area contributed by atoms with Gasteiger partial charge in [0.05, 0.1) is 13.0 Å². The molecule has 0 aliphatic carbocycles. The van der Waals surface area contributed by atoms with Gasteiger partial charge in [0.25, 0.3) is 0 Å². The lowest BCUT2D eigenvalue weighted by atomic mass is 9.94. The summed E-state index contributed by atoms with van der Waals surface area (Å²) in [7, 11) is 1.64. The number of nitrogens with one attached hydrogen (secondary N) is 1. The Kier molecular flexibility index (Phi) is 5.76. The predicted molar refractivity (Wildman–Crippen MR) is 106 cm³/mol. The Morgan fingerprint density at radius 2 is 2.14 bits per heavy atom. The molecule has 6 heteroatoms. The Morgan fingerprint density at radius 3 is 2.89 bits per heavy atom. The molecule has 0 saturated carbocycles. The number of carbonyl (C=O) groups is 1. The average Bonchev–Trinajstić information content (AvgIpc) is 2.75. The highest BCUT2D eigenvalue weighted by molar-refractivity contribution is 5.80. The number of nitrogens with zero attached hydrogens (tertiary/aromatic N) is 2. The minimum Gasteiger partial charge on any atom is -0.493 e. The minimum absolute atomic E-state index is 0.0965. The number of hydrogen-bond acceptors (Lipinski definition) is 5. The van der Waals surface area contributed by atoms with Crippen LogP contribution < -0.4 is 14.8 Å². The monoisotopic (exact) mass is 381 g/mol. The molecule has 2 aliphatic heterocycles. The zero-order valence-corrected chi connectivity index (χ0v) is 16.3. The van der Waals surface area contributed by atoms with Crippen LogP contribution in [0.2, 0.25) is 0 Å². The Balaban J connectivity index is 1.27. The van der Waals surface area contributed by atoms with Crippen molar-refractivity contribution in [1.82, 2.24) is 15.2 Å². The second-order valence-corrected chi connectivity index (χ2v) is 7.58. The van der Waals surface area contributed by atoms with Gasteiger partial charge in [-0.3, -0.25) is 14.7 Å². The van der Waals surface area contributed by atoms with Crippen LogP contribution in [-0.4, -0.2) is 48.6 Å². The van der Waals surface area contributed by atoms with Gasteiger partial charge < -0.3 is 14.8 Å². The summed E-state index contributed by atoms with van der Waals surface area (Å²) in [4.78, 5) is 19.4. The Labute approximate surface area is 165 Å². The maximum absolute atomic E-state index is 12.8. The third-order valence-corrected chi connectivity index (χ3v) is 5.61. The van der Waals surface area contributed by atoms with Crippen molar-refractivity contribution in [2.24, 2.45) is 5.92 Å². The van der Waals surface area contributed by atoms with Gasteiger partial charge in [-0.25, -0.2) is 0 Å². The minimum atomic E-state index is -0.145. The molecule has 1 aromatic carbocycles. The first-order valence-electron chi connectivity index (χ1n) is 9.93. The maximum atomic E-state index is 12.8. The molecule has 0 spiro atoms. The van der Waals surface area contributed by atoms with E-state index >= 15 is 0 Å². The Hall–Kier alpha value is -2.60. The fourth-order valence-electron chi connectivity index (χ4n) is 4.03. The van der Waals surface area contributed by atoms with E-state index in [1.54, 1.807) is 13.3 Å². The lowest BCUT2D eigenvalue weighted by molar-refractivity contribution is -0.127. The van der Waals surface area contributed by atoms with Gasteiger partial charge >= 0.3 is 0 Å². The summed E-state index contributed by atoms with van der Waals surface area (Å²) >= 11 is 0. The number of benzene rings is 1. The lowest BCUT2D eigenvalue weighted by Gasteiger charge is -2.33. The molecule has 4 rings (SSSR count). The van der Waals surface area contributed by atoms with E-state index in [9.17, 15) is 4.79 Å². The number of likely N-dealkylation sites (tertiary alicyclic amines) is 1. The van der Waals surface area contributed by atoms with Crippen LogP contribution in [0.15, 0.2) is 42.7 Å². The van der Waals surface area contributed by atoms with Gasteiger partial charge in [0.2, 0.25) is 5.91 Å². The van der Waals surface area contributed by atoms with Gasteiger partial charge in [0.1, 0.15) is 6.61 Å². The number of piperidine rings is 1. The zero-order chi connectivity index (χ0) is 19.3. The lowest BCUT2D eigenvalue weighted by Crippen LogP contribution is -2.47. The van der Waals surface area contributed by atoms with Crippen LogP contribution >= 0.6 is 0 Å². The van der Waals surface area contributed by atoms with E-state index < -0.39 is 0 Å². The number of aromatic nitrogens is 1. The normalized spacial score (nSPS) is 20.1. The molecule has 148 valence electrons. The first kappa shape index (κ1) is 18.7. The van der Waals surface area contributed by atoms with Crippen molar-refractivity contribution in [1.29, 1.82) is 0 Å². The van der Waals surface area contributed by atoms with E-state index in [0.29, 0.717) is 13.0 Å². The summed E-state index contributed by atoms with van der Waals surface area (Å²) < 4.78 is 11.2. The van der Waals surface area contributed by atoms with Crippen molar-refractivity contribution < 1.29 is 14.3 Å². The standard InChI is InChI=1S/C22H27N3O3/c1-27-20-6-2-5-17-12-18(15-28-21(17)20)22(26)24-19-7-10-25(11-8-19)14-16-4-3-9-23-13-16/h2-6,9,13,18-19H,7-8,10-12,14-15H2,1H3,(H,24,26)/t18-/m1/s1. The van der Waals surface area contributed by atoms with Crippen molar-refractivity contribution in [3.05, 3.63) is 53.9 Å². The second kappa shape index (κ2) is 8.61. The van der Waals surface area contributed by atoms with E-state index in [2.05, 4.69) is 21.3 Å². The highest BCUT2D eigenvalue weighted by Gasteiger charge is 2.30. The predicted octanol–water partition coefficient (Wildman–Crippen LogP) is 2.42. The van der Waals surface area contributed by atoms with Gasteiger partial charge in [0, 0.05) is 38.1 Å². The average molecular weight is 381 g/mol. The molecule has 2 aromatic rings. The number of para-hydroxylation sites is 1. The molecule has 0 bridgehead atoms. The highest BCUT2D eigenvalue weighted by Crippen LogP contribution is 2.36. The van der Waals surface area contributed by atoms with E-state index in [1.807, 2.05) is 30.5 Å². The zero-order valence-electron chi connectivity index (χ0n) is 16.3. The van der Waals surface area contributed by atoms with E-state index in [4.69, 9.17) is 9.47 Å². The van der Waals surface area contributed by atoms with Crippen LogP contribution in [0.5, 0.6) is 11.5 Å². The molecular weight excluding hydrogens is 354 g/mol. The summed E-state index contributed by atoms with van der Waals surface area (Å²) in [5, 5.41) is 3.24. The molecule has 2 aliphatic rings. The molecule has 28 heavy (non-hydrogen) atoms. The molecule has 1 atom stereocenters. The van der Waals surface area contributed by atoms with Crippen LogP contribution in [0.25, 0.3) is 0 Å². The van der Waals surface area contributed by atoms with Crippen molar-refractivity contribution in [2.75, 3.05) is 26.8 Å². The number of hydrogen-bond donors (Lipinski definition) is 1. The van der Waals surface area contributed by atoms with Crippen LogP contribution in [0, 0.1) is 5.92 Å². The molecule has 0 unspecified atom stereocenters. The van der Waals surface area contributed by atoms with Crippen LogP contribution in [0.4, 0.5) is 0 Å². The van der Waals surface area contributed by atoms with Gasteiger partial charge in [0.15, 0.2) is 11.5 Å². The SMILES string of the molecule is COc1cccc2c1OC[C@H](C(=O)NC1CCN(Cc3cccnc3)CC1)C2. The van der Waals surface area contributed by atoms with Crippen molar-refractivity contribution in [2.45, 2.75) is 31.8 Å². The number of carbonyl (C=O) groups excluding carboxylic acids is 1. The molecule has 1 N–H and O–H groups in total. The van der Waals surface area contributed by atoms with Crippen LogP contribution in [0.3, 0.4) is 0 Å². The van der Waals surface area contributed by atoms with E-state index in [0.717, 1.165) is 49.5 Å². The first-order valence-corrected chi connectivity index (χ1v) is 9.93. The number of methoxy groups -OCH3 is 1. The topological polar surface area (TPSA) is 63.7 Å². The van der Waals surface area contributed by atoms with Crippen LogP contribution in [0.1, 0.15) is 24.0 Å². The molecule has 1 aromatic heterocycles. The number of ether oxygens (including phenoxy) is 2. The molecule has 1 amide bonds. The molecule has 1 saturated heterocycles. The molecule has 0 radical (unpaired) electrons. The number of rotatable bonds is 5. The number of amides is 1. The number of pyridine rings is 1. The smallest absolute Gasteiger partial charge is 0.227 e. The third kappa shape index (κ3) is 4.28. The van der Waals surface area contributed by atoms with Crippen molar-refractivity contribution in [3.8, 4) is 11.5 Å². The summed E-state index contributed by atoms with van der Waals surface area (Å²) in [5.74, 6) is 1.46. The fourth-order valence-corrected chi connectivity index (χ4v) is 4.03. The quantitative estimate of drug-likeness (QED) is 0.862. The summed E-state index contributed by atoms with van der Waals surface area (Å²) in [6, 6.07) is 10.2. The Bertz CT molecular complexity index is 804. The van der Waals surface area contributed by atoms with Crippen LogP contribution in [-0.2, 0) is 17.8 Å². The van der Waals surface area contributed by atoms with Gasteiger partial charge in [-0.2, -0.15) is 0 Å². The molecule has 1 fully saturated rings. The van der Waals surface area contributed by atoms with Crippen molar-refractivity contribution >= 4 is 5.91 Å². The fraction of sp³-hybridized carbons (Fsp3) is 0.455. The van der Waals surface area contributed by atoms with Crippen molar-refractivity contribution in [3.63, 3.8) is 0 Å². The summed E-state index contributed by atoms with van der Waals surface area (Å²) in [6.07, 6.45) is 6.37. The summed E-state index contributed by atoms with van der Waals surface area (Å²) in [6.45, 7) is 3.30. The Morgan fingerprint density at radius 1 is 1.29 bits per heavy atom. The third-order valence-electron chi connectivity index (χ3n) is 5.61. The van der Waals surface area contributed by atoms with E-state index in [-0.39, 0.29) is 17.9 Å². The summed E-state index contributed by atoms with van der Waals surface area (Å²) in [5.41, 5.74) is 2.27. The molecule has 3 heterocycles. The molecule has 6 nitrogen and oxygen atoms in total. The van der Waals surface area contributed by atoms with Gasteiger partial charge in [-0.15, -0.1) is 0 Å². The second-order valence-electron chi connectivity index (χ2n) is 7.58. The largest absolute Gasteiger partial charge is 0.493 e. The number of fused-ring (bicyclic) bond motifs is 1. The first-order chi connectivity index (χ1) is 13.7. The van der Waals surface area contributed by atoms with Gasteiger partial charge in [-0.05, 0) is 42.5 Å². The molecular formula is C22H27N3O3. The highest BCUT2D eigenvalue weighted by atomic mass is 16.5.